The zero-order chi connectivity index (χ0) is 25.9. The number of nitrogens with zero attached hydrogens (tertiary/aromatic N) is 7. The van der Waals surface area contributed by atoms with Crippen LogP contribution in [0.2, 0.25) is 0 Å². The molecule has 9 nitrogen and oxygen atoms in total. The van der Waals surface area contributed by atoms with Gasteiger partial charge in [0.15, 0.2) is 5.16 Å². The third-order valence-corrected chi connectivity index (χ3v) is 7.68. The van der Waals surface area contributed by atoms with E-state index in [4.69, 9.17) is 15.0 Å². The van der Waals surface area contributed by atoms with Crippen molar-refractivity contribution in [1.82, 2.24) is 19.9 Å². The lowest BCUT2D eigenvalue weighted by atomic mass is 10.1. The lowest BCUT2D eigenvalue weighted by Crippen LogP contribution is -2.47. The van der Waals surface area contributed by atoms with Crippen LogP contribution in [0.5, 0.6) is 0 Å². The minimum absolute atomic E-state index is 0.285. The topological polar surface area (TPSA) is 99.5 Å². The lowest BCUT2D eigenvalue weighted by Gasteiger charge is -2.35. The number of Topliss-reactive ketones (excluding diaryl/α,β-unsaturated/α-hetero) is 1. The summed E-state index contributed by atoms with van der Waals surface area (Å²) in [7, 11) is 0. The number of carbonyl (C=O) groups excluding carboxylic acids is 1. The molecule has 3 aromatic rings. The van der Waals surface area contributed by atoms with Gasteiger partial charge in [0.05, 0.1) is 6.54 Å². The smallest absolute Gasteiger partial charge is 0.234 e. The highest BCUT2D eigenvalue weighted by Crippen LogP contribution is 2.32. The summed E-state index contributed by atoms with van der Waals surface area (Å²) in [4.78, 5) is 40.9. The van der Waals surface area contributed by atoms with E-state index >= 15 is 0 Å². The minimum Gasteiger partial charge on any atom is -0.353 e. The second-order valence-corrected chi connectivity index (χ2v) is 10.9. The minimum atomic E-state index is 0.285. The van der Waals surface area contributed by atoms with Crippen LogP contribution in [0.3, 0.4) is 0 Å². The molecule has 2 aromatic heterocycles. The molecular weight excluding hydrogens is 496 g/mol. The van der Waals surface area contributed by atoms with Gasteiger partial charge < -0.3 is 15.1 Å². The number of ketones is 1. The number of amidine groups is 1. The molecule has 2 aliphatic heterocycles. The van der Waals surface area contributed by atoms with E-state index in [0.29, 0.717) is 35.8 Å². The largest absolute Gasteiger partial charge is 0.353 e. The van der Waals surface area contributed by atoms with Crippen LogP contribution in [0.1, 0.15) is 25.3 Å². The van der Waals surface area contributed by atoms with Crippen LogP contribution in [0, 0.1) is 5.92 Å². The fourth-order valence-corrected chi connectivity index (χ4v) is 5.26. The van der Waals surface area contributed by atoms with Crippen molar-refractivity contribution < 1.29 is 4.79 Å². The molecule has 194 valence electrons. The highest BCUT2D eigenvalue weighted by Gasteiger charge is 2.29. The molecule has 2 fully saturated rings. The Bertz CT molecular complexity index is 1360. The van der Waals surface area contributed by atoms with Crippen molar-refractivity contribution in [2.45, 2.75) is 36.2 Å². The van der Waals surface area contributed by atoms with Crippen LogP contribution in [0.25, 0.3) is 0 Å². The van der Waals surface area contributed by atoms with Crippen molar-refractivity contribution in [3.63, 3.8) is 0 Å². The van der Waals surface area contributed by atoms with E-state index in [2.05, 4.69) is 32.0 Å². The predicted molar refractivity (Wildman–Crippen MR) is 150 cm³/mol. The van der Waals surface area contributed by atoms with Crippen LogP contribution in [-0.2, 0) is 11.2 Å². The van der Waals surface area contributed by atoms with Crippen LogP contribution in [0.4, 0.5) is 17.7 Å². The lowest BCUT2D eigenvalue weighted by molar-refractivity contribution is -0.119. The molecular formula is C28H30N8OS. The summed E-state index contributed by atoms with van der Waals surface area (Å²) in [6.07, 6.45) is 6.45. The number of hydrogen-bond donors (Lipinski definition) is 1. The van der Waals surface area contributed by atoms with E-state index in [9.17, 15) is 4.79 Å². The Kier molecular flexibility index (Phi) is 7.04. The normalized spacial score (nSPS) is 17.3. The van der Waals surface area contributed by atoms with E-state index < -0.39 is 0 Å². The van der Waals surface area contributed by atoms with Crippen molar-refractivity contribution in [3.05, 3.63) is 65.9 Å². The first-order chi connectivity index (χ1) is 18.6. The molecule has 0 spiro atoms. The molecule has 1 aliphatic carbocycles. The molecule has 0 radical (unpaired) electrons. The number of rotatable bonds is 8. The van der Waals surface area contributed by atoms with E-state index in [1.165, 1.54) is 17.3 Å². The Morgan fingerprint density at radius 3 is 2.47 bits per heavy atom. The Hall–Kier alpha value is -3.79. The molecule has 1 N–H and O–H groups in total. The summed E-state index contributed by atoms with van der Waals surface area (Å²) in [5.41, 5.74) is 2.25. The summed E-state index contributed by atoms with van der Waals surface area (Å²) in [5, 5.41) is 3.89. The van der Waals surface area contributed by atoms with Gasteiger partial charge in [-0.1, -0.05) is 18.2 Å². The summed E-state index contributed by atoms with van der Waals surface area (Å²) in [6.45, 7) is 5.99. The first kappa shape index (κ1) is 24.5. The third-order valence-electron chi connectivity index (χ3n) is 6.80. The molecule has 3 aliphatic rings. The molecule has 4 heterocycles. The van der Waals surface area contributed by atoms with Gasteiger partial charge in [0, 0.05) is 49.6 Å². The molecule has 1 saturated carbocycles. The number of aromatic nitrogens is 4. The van der Waals surface area contributed by atoms with Gasteiger partial charge in [-0.25, -0.2) is 4.98 Å². The zero-order valence-electron chi connectivity index (χ0n) is 21.4. The number of piperazine rings is 1. The van der Waals surface area contributed by atoms with Gasteiger partial charge in [-0.15, -0.1) is 0 Å². The molecule has 1 saturated heterocycles. The number of carbonyl (C=O) groups is 1. The Labute approximate surface area is 226 Å². The molecule has 0 unspecified atom stereocenters. The maximum atomic E-state index is 12.2. The fraction of sp³-hybridized carbons (Fsp3) is 0.357. The van der Waals surface area contributed by atoms with Crippen LogP contribution in [-0.4, -0.2) is 64.3 Å². The summed E-state index contributed by atoms with van der Waals surface area (Å²) < 4.78 is 0. The molecule has 1 aromatic carbocycles. The van der Waals surface area contributed by atoms with Gasteiger partial charge >= 0.3 is 0 Å². The fourth-order valence-electron chi connectivity index (χ4n) is 4.52. The molecule has 6 rings (SSSR count). The van der Waals surface area contributed by atoms with E-state index in [1.54, 1.807) is 0 Å². The molecule has 0 bridgehead atoms. The summed E-state index contributed by atoms with van der Waals surface area (Å²) >= 11 is 1.49. The van der Waals surface area contributed by atoms with Crippen molar-refractivity contribution in [3.8, 4) is 0 Å². The second-order valence-electron chi connectivity index (χ2n) is 9.88. The number of nitrogens with one attached hydrogen (secondary N) is 1. The average Bonchev–Trinajstić information content (AvgIpc) is 3.72. The van der Waals surface area contributed by atoms with Crippen LogP contribution in [0.15, 0.2) is 75.4 Å². The molecule has 10 heteroatoms. The number of pyridine rings is 1. The van der Waals surface area contributed by atoms with Gasteiger partial charge in [-0.3, -0.25) is 9.79 Å². The second kappa shape index (κ2) is 10.9. The first-order valence-electron chi connectivity index (χ1n) is 13.0. The van der Waals surface area contributed by atoms with Crippen molar-refractivity contribution in [2.24, 2.45) is 10.9 Å². The van der Waals surface area contributed by atoms with Gasteiger partial charge in [0.1, 0.15) is 17.4 Å². The van der Waals surface area contributed by atoms with Gasteiger partial charge in [-0.05, 0) is 73.0 Å². The van der Waals surface area contributed by atoms with Gasteiger partial charge in [0.2, 0.25) is 11.9 Å². The quantitative estimate of drug-likeness (QED) is 0.466. The summed E-state index contributed by atoms with van der Waals surface area (Å²) in [5.74, 6) is 3.53. The SMILES string of the molecule is CC1=CC(Nc2nc(Sc3ccc(CC(=O)C4CC4)cc3)nc(N3CCN(c4ccccn4)CC3)n2)=NC1. The van der Waals surface area contributed by atoms with Crippen molar-refractivity contribution in [2.75, 3.05) is 47.8 Å². The highest BCUT2D eigenvalue weighted by atomic mass is 32.2. The van der Waals surface area contributed by atoms with Gasteiger partial charge in [-0.2, -0.15) is 15.0 Å². The number of aliphatic imine (C=N–C) groups is 1. The number of hydrogen-bond acceptors (Lipinski definition) is 10. The molecule has 0 amide bonds. The van der Waals surface area contributed by atoms with E-state index in [0.717, 1.165) is 61.1 Å². The maximum absolute atomic E-state index is 12.2. The highest BCUT2D eigenvalue weighted by molar-refractivity contribution is 7.99. The standard InChI is InChI=1S/C28H30N8OS/c1-19-16-24(30-18-19)31-26-32-27(36-14-12-35(13-15-36)25-4-2-3-11-29-25)34-28(33-26)38-22-9-5-20(6-10-22)17-23(37)21-7-8-21/h2-6,9-11,16,21H,7-8,12-15,17-18H2,1H3,(H,30,31,32,33,34). The monoisotopic (exact) mass is 526 g/mol. The Balaban J connectivity index is 1.19. The Morgan fingerprint density at radius 1 is 1.00 bits per heavy atom. The first-order valence-corrected chi connectivity index (χ1v) is 13.9. The van der Waals surface area contributed by atoms with Crippen LogP contribution >= 0.6 is 11.8 Å². The Morgan fingerprint density at radius 2 is 1.79 bits per heavy atom. The molecule has 38 heavy (non-hydrogen) atoms. The van der Waals surface area contributed by atoms with Crippen molar-refractivity contribution in [1.29, 1.82) is 0 Å². The van der Waals surface area contributed by atoms with Gasteiger partial charge in [0.25, 0.3) is 0 Å². The molecule has 0 atom stereocenters. The predicted octanol–water partition coefficient (Wildman–Crippen LogP) is 4.04. The average molecular weight is 527 g/mol. The maximum Gasteiger partial charge on any atom is 0.234 e. The number of anilines is 3. The number of benzene rings is 1. The summed E-state index contributed by atoms with van der Waals surface area (Å²) in [6, 6.07) is 14.1. The van der Waals surface area contributed by atoms with Crippen LogP contribution < -0.4 is 15.1 Å². The zero-order valence-corrected chi connectivity index (χ0v) is 22.2. The van der Waals surface area contributed by atoms with Crippen molar-refractivity contribution >= 4 is 41.1 Å². The van der Waals surface area contributed by atoms with E-state index in [-0.39, 0.29) is 5.92 Å². The third kappa shape index (κ3) is 6.02. The van der Waals surface area contributed by atoms with E-state index in [1.807, 2.05) is 54.7 Å².